The van der Waals surface area contributed by atoms with Crippen molar-refractivity contribution in [2.75, 3.05) is 5.88 Å². The zero-order valence-corrected chi connectivity index (χ0v) is 9.80. The molecule has 0 spiro atoms. The average molecular weight is 229 g/mol. The highest BCUT2D eigenvalue weighted by molar-refractivity contribution is 6.17. The van der Waals surface area contributed by atoms with Gasteiger partial charge in [-0.15, -0.1) is 11.6 Å². The number of unbranched alkanes of at least 4 members (excludes halogenated alkanes) is 1. The van der Waals surface area contributed by atoms with Crippen LogP contribution in [0, 0.1) is 11.8 Å². The Kier molecular flexibility index (Phi) is 3.86. The average Bonchev–Trinajstić information content (AvgIpc) is 2.34. The lowest BCUT2D eigenvalue weighted by atomic mass is 10.1. The minimum atomic E-state index is 0.687. The molecule has 0 N–H and O–H groups in total. The summed E-state index contributed by atoms with van der Waals surface area (Å²) in [5.41, 5.74) is 1.08. The third-order valence-electron chi connectivity index (χ3n) is 2.42. The molecule has 0 atom stereocenters. The van der Waals surface area contributed by atoms with E-state index in [0.717, 1.165) is 18.4 Å². The molecule has 0 heterocycles. The van der Waals surface area contributed by atoms with Crippen LogP contribution in [-0.4, -0.2) is 5.88 Å². The normalized spacial score (nSPS) is 9.81. The molecule has 0 saturated heterocycles. The second kappa shape index (κ2) is 5.58. The van der Waals surface area contributed by atoms with E-state index in [1.807, 2.05) is 12.1 Å². The van der Waals surface area contributed by atoms with Crippen LogP contribution in [0.15, 0.2) is 42.5 Å². The van der Waals surface area contributed by atoms with Gasteiger partial charge in [0.2, 0.25) is 0 Å². The first-order valence-corrected chi connectivity index (χ1v) is 5.97. The summed E-state index contributed by atoms with van der Waals surface area (Å²) in [5, 5.41) is 2.50. The molecule has 16 heavy (non-hydrogen) atoms. The molecule has 0 aromatic heterocycles. The standard InChI is InChI=1S/C15H13Cl/c16-11-5-1-2-6-13-9-10-14-7-3-4-8-15(14)12-13/h3-4,7-10,12H,1,5,11H2. The molecule has 2 aromatic carbocycles. The summed E-state index contributed by atoms with van der Waals surface area (Å²) in [6, 6.07) is 14.6. The largest absolute Gasteiger partial charge is 0.127 e. The number of hydrogen-bond donors (Lipinski definition) is 0. The predicted molar refractivity (Wildman–Crippen MR) is 70.8 cm³/mol. The first-order valence-electron chi connectivity index (χ1n) is 5.44. The van der Waals surface area contributed by atoms with E-state index in [9.17, 15) is 0 Å². The molecule has 0 saturated carbocycles. The van der Waals surface area contributed by atoms with E-state index in [0.29, 0.717) is 5.88 Å². The highest BCUT2D eigenvalue weighted by atomic mass is 35.5. The Bertz CT molecular complexity index is 532. The molecule has 0 amide bonds. The number of alkyl halides is 1. The van der Waals surface area contributed by atoms with Crippen LogP contribution in [0.1, 0.15) is 18.4 Å². The number of rotatable bonds is 2. The Morgan fingerprint density at radius 3 is 2.62 bits per heavy atom. The summed E-state index contributed by atoms with van der Waals surface area (Å²) in [5.74, 6) is 6.98. The summed E-state index contributed by atoms with van der Waals surface area (Å²) in [6.45, 7) is 0. The van der Waals surface area contributed by atoms with Crippen LogP contribution in [0.4, 0.5) is 0 Å². The van der Waals surface area contributed by atoms with Crippen LogP contribution in [-0.2, 0) is 0 Å². The summed E-state index contributed by atoms with van der Waals surface area (Å²) in [6.07, 6.45) is 1.83. The van der Waals surface area contributed by atoms with Gasteiger partial charge in [0, 0.05) is 17.9 Å². The van der Waals surface area contributed by atoms with Crippen molar-refractivity contribution in [2.45, 2.75) is 12.8 Å². The Morgan fingerprint density at radius 2 is 1.81 bits per heavy atom. The molecule has 2 rings (SSSR count). The van der Waals surface area contributed by atoms with Crippen molar-refractivity contribution in [3.63, 3.8) is 0 Å². The predicted octanol–water partition coefficient (Wildman–Crippen LogP) is 4.21. The minimum Gasteiger partial charge on any atom is -0.127 e. The molecule has 0 unspecified atom stereocenters. The third-order valence-corrected chi connectivity index (χ3v) is 2.68. The second-order valence-corrected chi connectivity index (χ2v) is 4.03. The van der Waals surface area contributed by atoms with Crippen LogP contribution in [0.5, 0.6) is 0 Å². The Morgan fingerprint density at radius 1 is 1.00 bits per heavy atom. The van der Waals surface area contributed by atoms with E-state index in [1.165, 1.54) is 10.8 Å². The van der Waals surface area contributed by atoms with Gasteiger partial charge in [-0.05, 0) is 29.3 Å². The van der Waals surface area contributed by atoms with Crippen molar-refractivity contribution in [3.8, 4) is 11.8 Å². The maximum Gasteiger partial charge on any atom is 0.0251 e. The van der Waals surface area contributed by atoms with Gasteiger partial charge in [-0.2, -0.15) is 0 Å². The lowest BCUT2D eigenvalue weighted by Gasteiger charge is -1.97. The minimum absolute atomic E-state index is 0.687. The molecule has 0 aliphatic heterocycles. The lowest BCUT2D eigenvalue weighted by Crippen LogP contribution is -1.77. The van der Waals surface area contributed by atoms with Crippen LogP contribution in [0.3, 0.4) is 0 Å². The topological polar surface area (TPSA) is 0 Å². The van der Waals surface area contributed by atoms with Crippen molar-refractivity contribution in [1.29, 1.82) is 0 Å². The summed E-state index contributed by atoms with van der Waals surface area (Å²) in [4.78, 5) is 0. The summed E-state index contributed by atoms with van der Waals surface area (Å²) in [7, 11) is 0. The zero-order chi connectivity index (χ0) is 11.2. The summed E-state index contributed by atoms with van der Waals surface area (Å²) >= 11 is 5.59. The lowest BCUT2D eigenvalue weighted by molar-refractivity contribution is 0.991. The second-order valence-electron chi connectivity index (χ2n) is 3.66. The van der Waals surface area contributed by atoms with Gasteiger partial charge in [-0.3, -0.25) is 0 Å². The molecule has 2 aromatic rings. The van der Waals surface area contributed by atoms with Crippen LogP contribution >= 0.6 is 11.6 Å². The third kappa shape index (κ3) is 2.78. The van der Waals surface area contributed by atoms with Crippen molar-refractivity contribution in [2.24, 2.45) is 0 Å². The first kappa shape index (κ1) is 11.0. The monoisotopic (exact) mass is 228 g/mol. The quantitative estimate of drug-likeness (QED) is 0.410. The highest BCUT2D eigenvalue weighted by Gasteiger charge is 1.92. The van der Waals surface area contributed by atoms with E-state index in [-0.39, 0.29) is 0 Å². The fourth-order valence-corrected chi connectivity index (χ4v) is 1.72. The molecule has 0 radical (unpaired) electrons. The van der Waals surface area contributed by atoms with E-state index in [1.54, 1.807) is 0 Å². The van der Waals surface area contributed by atoms with E-state index in [4.69, 9.17) is 11.6 Å². The van der Waals surface area contributed by atoms with E-state index in [2.05, 4.69) is 42.2 Å². The SMILES string of the molecule is ClCCCC#Cc1ccc2ccccc2c1. The Balaban J connectivity index is 2.21. The van der Waals surface area contributed by atoms with Gasteiger partial charge in [-0.1, -0.05) is 42.2 Å². The highest BCUT2D eigenvalue weighted by Crippen LogP contribution is 2.14. The van der Waals surface area contributed by atoms with Gasteiger partial charge in [-0.25, -0.2) is 0 Å². The molecule has 1 heteroatoms. The van der Waals surface area contributed by atoms with E-state index >= 15 is 0 Å². The van der Waals surface area contributed by atoms with Crippen molar-refractivity contribution < 1.29 is 0 Å². The smallest absolute Gasteiger partial charge is 0.0251 e. The van der Waals surface area contributed by atoms with Gasteiger partial charge in [0.05, 0.1) is 0 Å². The molecule has 80 valence electrons. The molecule has 0 bridgehead atoms. The Hall–Kier alpha value is -1.45. The fourth-order valence-electron chi connectivity index (χ4n) is 1.59. The van der Waals surface area contributed by atoms with Crippen LogP contribution < -0.4 is 0 Å². The number of hydrogen-bond acceptors (Lipinski definition) is 0. The first-order chi connectivity index (χ1) is 7.90. The molecule has 0 aliphatic rings. The molecular weight excluding hydrogens is 216 g/mol. The van der Waals surface area contributed by atoms with Crippen LogP contribution in [0.2, 0.25) is 0 Å². The molecule has 0 aliphatic carbocycles. The van der Waals surface area contributed by atoms with Crippen molar-refractivity contribution in [3.05, 3.63) is 48.0 Å². The number of benzene rings is 2. The van der Waals surface area contributed by atoms with Crippen LogP contribution in [0.25, 0.3) is 10.8 Å². The molecular formula is C15H13Cl. The van der Waals surface area contributed by atoms with Gasteiger partial charge in [0.25, 0.3) is 0 Å². The summed E-state index contributed by atoms with van der Waals surface area (Å²) < 4.78 is 0. The van der Waals surface area contributed by atoms with Gasteiger partial charge < -0.3 is 0 Å². The maximum atomic E-state index is 5.59. The van der Waals surface area contributed by atoms with Crippen molar-refractivity contribution >= 4 is 22.4 Å². The van der Waals surface area contributed by atoms with Gasteiger partial charge in [0.1, 0.15) is 0 Å². The number of fused-ring (bicyclic) bond motifs is 1. The fraction of sp³-hybridized carbons (Fsp3) is 0.200. The molecule has 0 fully saturated rings. The van der Waals surface area contributed by atoms with E-state index < -0.39 is 0 Å². The zero-order valence-electron chi connectivity index (χ0n) is 9.04. The van der Waals surface area contributed by atoms with Gasteiger partial charge >= 0.3 is 0 Å². The van der Waals surface area contributed by atoms with Crippen molar-refractivity contribution in [1.82, 2.24) is 0 Å². The number of halogens is 1. The maximum absolute atomic E-state index is 5.59. The Labute approximate surface area is 101 Å². The van der Waals surface area contributed by atoms with Gasteiger partial charge in [0.15, 0.2) is 0 Å². The molecule has 0 nitrogen and oxygen atoms in total.